The zero-order valence-corrected chi connectivity index (χ0v) is 23.1. The fourth-order valence-corrected chi connectivity index (χ4v) is 8.37. The molecule has 4 aromatic rings. The smallest absolute Gasteiger partial charge is 0.415 e. The maximum atomic E-state index is 14.3. The Morgan fingerprint density at radius 3 is 1.92 bits per heavy atom. The lowest BCUT2D eigenvalue weighted by Crippen LogP contribution is -2.32. The van der Waals surface area contributed by atoms with Gasteiger partial charge in [0.05, 0.1) is 5.75 Å². The SMILES string of the molecule is CCCC(NCc1ccccc1CS(=O)(=O)c1cccs1)P(=O)(Oc1ccccc1)Oc1ccccc1. The van der Waals surface area contributed by atoms with Crippen LogP contribution in [0.1, 0.15) is 30.9 Å². The third kappa shape index (κ3) is 7.33. The van der Waals surface area contributed by atoms with Crippen LogP contribution in [0.15, 0.2) is 107 Å². The molecule has 9 heteroatoms. The molecule has 1 unspecified atom stereocenters. The first-order chi connectivity index (χ1) is 17.9. The van der Waals surface area contributed by atoms with E-state index in [1.165, 1.54) is 11.3 Å². The fraction of sp³-hybridized carbons (Fsp3) is 0.214. The summed E-state index contributed by atoms with van der Waals surface area (Å²) < 4.78 is 52.6. The summed E-state index contributed by atoms with van der Waals surface area (Å²) in [6.45, 7) is 2.31. The molecule has 0 aliphatic carbocycles. The molecule has 1 heterocycles. The first kappa shape index (κ1) is 27.1. The van der Waals surface area contributed by atoms with E-state index >= 15 is 0 Å². The summed E-state index contributed by atoms with van der Waals surface area (Å²) in [4.78, 5) is 0. The van der Waals surface area contributed by atoms with Crippen LogP contribution in [0, 0.1) is 0 Å². The Bertz CT molecular complexity index is 1370. The van der Waals surface area contributed by atoms with Crippen LogP contribution in [-0.4, -0.2) is 14.2 Å². The van der Waals surface area contributed by atoms with Gasteiger partial charge in [-0.1, -0.05) is 80.1 Å². The molecule has 6 nitrogen and oxygen atoms in total. The van der Waals surface area contributed by atoms with Gasteiger partial charge in [0, 0.05) is 6.54 Å². The third-order valence-electron chi connectivity index (χ3n) is 5.69. The Labute approximate surface area is 222 Å². The van der Waals surface area contributed by atoms with E-state index in [-0.39, 0.29) is 5.75 Å². The van der Waals surface area contributed by atoms with Crippen molar-refractivity contribution in [3.05, 3.63) is 114 Å². The van der Waals surface area contributed by atoms with Crippen molar-refractivity contribution in [1.29, 1.82) is 0 Å². The third-order valence-corrected chi connectivity index (χ3v) is 11.0. The molecule has 3 aromatic carbocycles. The minimum absolute atomic E-state index is 0.109. The molecule has 0 fully saturated rings. The van der Waals surface area contributed by atoms with Gasteiger partial charge in [0.15, 0.2) is 9.84 Å². The van der Waals surface area contributed by atoms with E-state index in [4.69, 9.17) is 9.05 Å². The molecule has 0 spiro atoms. The maximum absolute atomic E-state index is 14.3. The van der Waals surface area contributed by atoms with Crippen LogP contribution in [0.4, 0.5) is 0 Å². The van der Waals surface area contributed by atoms with Crippen molar-refractivity contribution < 1.29 is 22.0 Å². The molecule has 1 N–H and O–H groups in total. The van der Waals surface area contributed by atoms with Gasteiger partial charge >= 0.3 is 7.60 Å². The number of benzene rings is 3. The van der Waals surface area contributed by atoms with Gasteiger partial charge in [-0.05, 0) is 53.3 Å². The average Bonchev–Trinajstić information content (AvgIpc) is 3.45. The van der Waals surface area contributed by atoms with Crippen molar-refractivity contribution in [1.82, 2.24) is 5.32 Å². The molecule has 0 saturated carbocycles. The van der Waals surface area contributed by atoms with E-state index in [1.54, 1.807) is 41.8 Å². The van der Waals surface area contributed by atoms with E-state index in [2.05, 4.69) is 5.32 Å². The molecule has 4 rings (SSSR count). The standard InChI is InChI=1S/C28H30NO5PS2/c1-2-12-27(35(30,33-25-15-5-3-6-16-25)34-26-17-7-4-8-18-26)29-21-23-13-9-10-14-24(23)22-37(31,32)28-19-11-20-36-28/h3-11,13-20,27,29H,2,12,21-22H2,1H3. The first-order valence-corrected chi connectivity index (χ1v) is 16.2. The summed E-state index contributed by atoms with van der Waals surface area (Å²) in [6, 6.07) is 28.7. The zero-order chi connectivity index (χ0) is 26.1. The molecule has 0 radical (unpaired) electrons. The normalized spacial score (nSPS) is 12.7. The Hall–Kier alpha value is -2.90. The van der Waals surface area contributed by atoms with E-state index in [1.807, 2.05) is 67.6 Å². The lowest BCUT2D eigenvalue weighted by Gasteiger charge is -2.28. The second-order valence-electron chi connectivity index (χ2n) is 8.49. The fourth-order valence-electron chi connectivity index (χ4n) is 3.86. The van der Waals surface area contributed by atoms with Crippen LogP contribution in [0.3, 0.4) is 0 Å². The Morgan fingerprint density at radius 1 is 0.811 bits per heavy atom. The molecule has 37 heavy (non-hydrogen) atoms. The van der Waals surface area contributed by atoms with E-state index in [9.17, 15) is 13.0 Å². The molecule has 0 amide bonds. The highest BCUT2D eigenvalue weighted by atomic mass is 32.2. The van der Waals surface area contributed by atoms with Crippen molar-refractivity contribution >= 4 is 28.8 Å². The van der Waals surface area contributed by atoms with Crippen LogP contribution in [-0.2, 0) is 26.7 Å². The number of rotatable bonds is 13. The van der Waals surface area contributed by atoms with Crippen LogP contribution < -0.4 is 14.4 Å². The number of hydrogen-bond donors (Lipinski definition) is 1. The van der Waals surface area contributed by atoms with Gasteiger partial charge in [-0.15, -0.1) is 11.3 Å². The predicted octanol–water partition coefficient (Wildman–Crippen LogP) is 7.29. The van der Waals surface area contributed by atoms with Crippen molar-refractivity contribution in [2.75, 3.05) is 0 Å². The van der Waals surface area contributed by atoms with Crippen molar-refractivity contribution in [3.8, 4) is 11.5 Å². The monoisotopic (exact) mass is 555 g/mol. The number of hydrogen-bond acceptors (Lipinski definition) is 7. The quantitative estimate of drug-likeness (QED) is 0.175. The average molecular weight is 556 g/mol. The largest absolute Gasteiger partial charge is 0.447 e. The highest BCUT2D eigenvalue weighted by Crippen LogP contribution is 2.53. The van der Waals surface area contributed by atoms with Crippen LogP contribution in [0.2, 0.25) is 0 Å². The summed E-state index contributed by atoms with van der Waals surface area (Å²) in [6.07, 6.45) is 1.28. The maximum Gasteiger partial charge on any atom is 0.447 e. The van der Waals surface area contributed by atoms with Gasteiger partial charge in [-0.25, -0.2) is 13.0 Å². The molecule has 0 saturated heterocycles. The topological polar surface area (TPSA) is 81.7 Å². The van der Waals surface area contributed by atoms with E-state index in [0.717, 1.165) is 12.0 Å². The lowest BCUT2D eigenvalue weighted by molar-refractivity contribution is 0.353. The van der Waals surface area contributed by atoms with E-state index in [0.29, 0.717) is 34.2 Å². The van der Waals surface area contributed by atoms with Gasteiger partial charge in [0.1, 0.15) is 21.5 Å². The predicted molar refractivity (Wildman–Crippen MR) is 149 cm³/mol. The minimum atomic E-state index is -3.75. The second-order valence-corrected chi connectivity index (χ2v) is 13.7. The van der Waals surface area contributed by atoms with Gasteiger partial charge in [-0.3, -0.25) is 5.32 Å². The molecule has 1 aromatic heterocycles. The van der Waals surface area contributed by atoms with Crippen molar-refractivity contribution in [2.45, 2.75) is 42.1 Å². The molecule has 1 atom stereocenters. The lowest BCUT2D eigenvalue weighted by atomic mass is 10.1. The number of sulfone groups is 1. The summed E-state index contributed by atoms with van der Waals surface area (Å²) in [5.74, 6) is 0.168. The molecule has 0 aliphatic rings. The highest BCUT2D eigenvalue weighted by molar-refractivity contribution is 7.92. The Morgan fingerprint density at radius 2 is 1.38 bits per heavy atom. The Balaban J connectivity index is 1.59. The highest BCUT2D eigenvalue weighted by Gasteiger charge is 2.38. The van der Waals surface area contributed by atoms with Crippen molar-refractivity contribution in [2.24, 2.45) is 0 Å². The van der Waals surface area contributed by atoms with Gasteiger partial charge in [0.2, 0.25) is 0 Å². The van der Waals surface area contributed by atoms with Crippen LogP contribution in [0.5, 0.6) is 11.5 Å². The van der Waals surface area contributed by atoms with Crippen LogP contribution in [0.25, 0.3) is 0 Å². The zero-order valence-electron chi connectivity index (χ0n) is 20.5. The molecule has 194 valence electrons. The van der Waals surface area contributed by atoms with E-state index < -0.39 is 23.2 Å². The number of nitrogens with one attached hydrogen (secondary N) is 1. The minimum Gasteiger partial charge on any atom is -0.415 e. The number of thiophene rings is 1. The Kier molecular flexibility index (Phi) is 9.22. The molecular formula is C28H30NO5PS2. The van der Waals surface area contributed by atoms with Gasteiger partial charge in [0.25, 0.3) is 0 Å². The van der Waals surface area contributed by atoms with Crippen LogP contribution >= 0.6 is 18.9 Å². The summed E-state index contributed by atoms with van der Waals surface area (Å²) in [7, 11) is -7.21. The molecule has 0 aliphatic heterocycles. The number of para-hydroxylation sites is 2. The van der Waals surface area contributed by atoms with Gasteiger partial charge < -0.3 is 9.05 Å². The summed E-state index contributed by atoms with van der Waals surface area (Å²) in [5, 5.41) is 5.13. The summed E-state index contributed by atoms with van der Waals surface area (Å²) in [5.41, 5.74) is 1.51. The molecule has 0 bridgehead atoms. The second kappa shape index (κ2) is 12.6. The van der Waals surface area contributed by atoms with Gasteiger partial charge in [-0.2, -0.15) is 0 Å². The van der Waals surface area contributed by atoms with Crippen molar-refractivity contribution in [3.63, 3.8) is 0 Å². The molecular weight excluding hydrogens is 525 g/mol. The first-order valence-electron chi connectivity index (χ1n) is 12.0. The summed E-state index contributed by atoms with van der Waals surface area (Å²) >= 11 is 1.21.